The molecular formula is C16H12F3N3O3. The van der Waals surface area contributed by atoms with E-state index in [-0.39, 0.29) is 6.54 Å². The van der Waals surface area contributed by atoms with Crippen LogP contribution in [-0.4, -0.2) is 15.7 Å². The van der Waals surface area contributed by atoms with Gasteiger partial charge in [0, 0.05) is 29.4 Å². The Hall–Kier alpha value is -3.10. The monoisotopic (exact) mass is 351 g/mol. The van der Waals surface area contributed by atoms with E-state index in [9.17, 15) is 22.8 Å². The summed E-state index contributed by atoms with van der Waals surface area (Å²) in [5.41, 5.74) is -0.177. The van der Waals surface area contributed by atoms with E-state index < -0.39 is 23.4 Å². The third kappa shape index (κ3) is 3.70. The SMILES string of the molecule is Cc1cc(=O)oc2cc(NC(=O)Cn3ccc(C(F)(F)F)n3)ccc12. The molecule has 25 heavy (non-hydrogen) atoms. The highest BCUT2D eigenvalue weighted by atomic mass is 19.4. The van der Waals surface area contributed by atoms with Crippen molar-refractivity contribution in [1.82, 2.24) is 9.78 Å². The number of hydrogen-bond donors (Lipinski definition) is 1. The Balaban J connectivity index is 1.76. The number of amides is 1. The predicted molar refractivity (Wildman–Crippen MR) is 83.1 cm³/mol. The van der Waals surface area contributed by atoms with E-state index in [1.54, 1.807) is 19.1 Å². The van der Waals surface area contributed by atoms with Crippen molar-refractivity contribution in [3.63, 3.8) is 0 Å². The Morgan fingerprint density at radius 2 is 2.04 bits per heavy atom. The number of alkyl halides is 3. The van der Waals surface area contributed by atoms with Crippen LogP contribution in [0.15, 0.2) is 45.7 Å². The zero-order valence-corrected chi connectivity index (χ0v) is 12.9. The Labute approximate surface area is 138 Å². The van der Waals surface area contributed by atoms with E-state index in [1.807, 2.05) is 0 Å². The molecular weight excluding hydrogens is 339 g/mol. The molecule has 1 aromatic carbocycles. The van der Waals surface area contributed by atoms with Gasteiger partial charge in [0.15, 0.2) is 5.69 Å². The molecule has 3 rings (SSSR count). The quantitative estimate of drug-likeness (QED) is 0.736. The molecule has 1 amide bonds. The zero-order chi connectivity index (χ0) is 18.2. The molecule has 0 unspecified atom stereocenters. The van der Waals surface area contributed by atoms with E-state index in [0.29, 0.717) is 11.3 Å². The van der Waals surface area contributed by atoms with Crippen LogP contribution in [-0.2, 0) is 17.5 Å². The minimum absolute atomic E-state index is 0.307. The Kier molecular flexibility index (Phi) is 4.07. The maximum atomic E-state index is 12.5. The summed E-state index contributed by atoms with van der Waals surface area (Å²) in [5.74, 6) is -0.564. The molecule has 0 radical (unpaired) electrons. The number of halogens is 3. The summed E-state index contributed by atoms with van der Waals surface area (Å²) in [5, 5.41) is 6.56. The lowest BCUT2D eigenvalue weighted by Gasteiger charge is -2.07. The molecule has 0 aliphatic carbocycles. The van der Waals surface area contributed by atoms with Gasteiger partial charge in [-0.1, -0.05) is 0 Å². The number of carbonyl (C=O) groups excluding carboxylic acids is 1. The summed E-state index contributed by atoms with van der Waals surface area (Å²) in [6, 6.07) is 6.92. The second kappa shape index (κ2) is 6.08. The van der Waals surface area contributed by atoms with Crippen LogP contribution in [0.4, 0.5) is 18.9 Å². The van der Waals surface area contributed by atoms with Gasteiger partial charge < -0.3 is 9.73 Å². The molecule has 2 aromatic heterocycles. The highest BCUT2D eigenvalue weighted by Crippen LogP contribution is 2.27. The van der Waals surface area contributed by atoms with Crippen molar-refractivity contribution < 1.29 is 22.4 Å². The van der Waals surface area contributed by atoms with Gasteiger partial charge in [0.05, 0.1) is 0 Å². The first-order chi connectivity index (χ1) is 11.7. The van der Waals surface area contributed by atoms with Gasteiger partial charge in [-0.15, -0.1) is 0 Å². The molecule has 0 saturated carbocycles. The number of hydrogen-bond acceptors (Lipinski definition) is 4. The van der Waals surface area contributed by atoms with Crippen LogP contribution in [0.5, 0.6) is 0 Å². The smallest absolute Gasteiger partial charge is 0.423 e. The number of nitrogens with zero attached hydrogens (tertiary/aromatic N) is 2. The molecule has 3 aromatic rings. The number of fused-ring (bicyclic) bond motifs is 1. The van der Waals surface area contributed by atoms with Crippen molar-refractivity contribution in [3.8, 4) is 0 Å². The summed E-state index contributed by atoms with van der Waals surface area (Å²) < 4.78 is 43.4. The van der Waals surface area contributed by atoms with Crippen molar-refractivity contribution in [3.05, 3.63) is 58.2 Å². The number of rotatable bonds is 3. The lowest BCUT2D eigenvalue weighted by Crippen LogP contribution is -2.19. The molecule has 6 nitrogen and oxygen atoms in total. The van der Waals surface area contributed by atoms with Crippen LogP contribution in [0, 0.1) is 6.92 Å². The van der Waals surface area contributed by atoms with Gasteiger partial charge in [0.1, 0.15) is 12.1 Å². The van der Waals surface area contributed by atoms with E-state index in [1.165, 1.54) is 12.1 Å². The maximum absolute atomic E-state index is 12.5. The largest absolute Gasteiger partial charge is 0.435 e. The van der Waals surface area contributed by atoms with Crippen LogP contribution in [0.2, 0.25) is 0 Å². The minimum Gasteiger partial charge on any atom is -0.423 e. The second-order valence-electron chi connectivity index (χ2n) is 5.40. The molecule has 0 atom stereocenters. The van der Waals surface area contributed by atoms with Gasteiger partial charge in [-0.2, -0.15) is 18.3 Å². The Bertz CT molecular complexity index is 1010. The molecule has 0 saturated heterocycles. The first-order valence-corrected chi connectivity index (χ1v) is 7.17. The molecule has 0 bridgehead atoms. The van der Waals surface area contributed by atoms with Gasteiger partial charge in [0.2, 0.25) is 5.91 Å². The molecule has 0 aliphatic rings. The zero-order valence-electron chi connectivity index (χ0n) is 12.9. The number of carbonyl (C=O) groups is 1. The van der Waals surface area contributed by atoms with Crippen LogP contribution in [0.25, 0.3) is 11.0 Å². The van der Waals surface area contributed by atoms with Crippen LogP contribution in [0.3, 0.4) is 0 Å². The molecule has 0 spiro atoms. The third-order valence-electron chi connectivity index (χ3n) is 3.47. The van der Waals surface area contributed by atoms with Crippen molar-refractivity contribution >= 4 is 22.6 Å². The van der Waals surface area contributed by atoms with Crippen molar-refractivity contribution in [1.29, 1.82) is 0 Å². The van der Waals surface area contributed by atoms with E-state index >= 15 is 0 Å². The second-order valence-corrected chi connectivity index (χ2v) is 5.40. The van der Waals surface area contributed by atoms with Crippen LogP contribution < -0.4 is 10.9 Å². The molecule has 0 fully saturated rings. The van der Waals surface area contributed by atoms with Crippen molar-refractivity contribution in [2.24, 2.45) is 0 Å². The molecule has 1 N–H and O–H groups in total. The maximum Gasteiger partial charge on any atom is 0.435 e. The predicted octanol–water partition coefficient (Wildman–Crippen LogP) is 2.96. The van der Waals surface area contributed by atoms with Crippen LogP contribution in [0.1, 0.15) is 11.3 Å². The van der Waals surface area contributed by atoms with Gasteiger partial charge in [-0.3, -0.25) is 9.48 Å². The lowest BCUT2D eigenvalue weighted by molar-refractivity contribution is -0.141. The number of benzene rings is 1. The fourth-order valence-corrected chi connectivity index (χ4v) is 2.35. The van der Waals surface area contributed by atoms with E-state index in [2.05, 4.69) is 10.4 Å². The summed E-state index contributed by atoms with van der Waals surface area (Å²) >= 11 is 0. The highest BCUT2D eigenvalue weighted by molar-refractivity contribution is 5.93. The summed E-state index contributed by atoms with van der Waals surface area (Å²) in [6.45, 7) is 1.37. The summed E-state index contributed by atoms with van der Waals surface area (Å²) in [4.78, 5) is 23.4. The summed E-state index contributed by atoms with van der Waals surface area (Å²) in [6.07, 6.45) is -3.49. The van der Waals surface area contributed by atoms with Crippen molar-refractivity contribution in [2.45, 2.75) is 19.6 Å². The molecule has 2 heterocycles. The lowest BCUT2D eigenvalue weighted by atomic mass is 10.1. The topological polar surface area (TPSA) is 77.1 Å². The molecule has 9 heteroatoms. The van der Waals surface area contributed by atoms with Gasteiger partial charge in [-0.05, 0) is 30.7 Å². The summed E-state index contributed by atoms with van der Waals surface area (Å²) in [7, 11) is 0. The number of anilines is 1. The normalized spacial score (nSPS) is 11.7. The Morgan fingerprint density at radius 1 is 1.28 bits per heavy atom. The fourth-order valence-electron chi connectivity index (χ4n) is 2.35. The van der Waals surface area contributed by atoms with Gasteiger partial charge in [0.25, 0.3) is 0 Å². The third-order valence-corrected chi connectivity index (χ3v) is 3.47. The number of nitrogens with one attached hydrogen (secondary N) is 1. The first-order valence-electron chi connectivity index (χ1n) is 7.17. The number of aryl methyl sites for hydroxylation is 1. The fraction of sp³-hybridized carbons (Fsp3) is 0.188. The average molecular weight is 351 g/mol. The minimum atomic E-state index is -4.56. The Morgan fingerprint density at radius 3 is 2.72 bits per heavy atom. The first kappa shape index (κ1) is 16.7. The number of aromatic nitrogens is 2. The van der Waals surface area contributed by atoms with Crippen molar-refractivity contribution in [2.75, 3.05) is 5.32 Å². The highest BCUT2D eigenvalue weighted by Gasteiger charge is 2.33. The average Bonchev–Trinajstić information content (AvgIpc) is 2.95. The van der Waals surface area contributed by atoms with E-state index in [0.717, 1.165) is 27.9 Å². The van der Waals surface area contributed by atoms with Crippen LogP contribution >= 0.6 is 0 Å². The molecule has 0 aliphatic heterocycles. The van der Waals surface area contributed by atoms with Gasteiger partial charge in [-0.25, -0.2) is 4.79 Å². The van der Waals surface area contributed by atoms with Gasteiger partial charge >= 0.3 is 11.8 Å². The van der Waals surface area contributed by atoms with E-state index in [4.69, 9.17) is 4.42 Å². The standard InChI is InChI=1S/C16H12F3N3O3/c1-9-6-15(24)25-12-7-10(2-3-11(9)12)20-14(23)8-22-5-4-13(21-22)16(17,18)19/h2-7H,8H2,1H3,(H,20,23). The molecule has 130 valence electrons.